The molecule has 2 aromatic rings. The van der Waals surface area contributed by atoms with E-state index >= 15 is 0 Å². The first kappa shape index (κ1) is 16.7. The molecular formula is C17H19BFNO4. The third-order valence-corrected chi connectivity index (χ3v) is 4.07. The first-order chi connectivity index (χ1) is 11.6. The van der Waals surface area contributed by atoms with Gasteiger partial charge in [0.25, 0.3) is 0 Å². The Morgan fingerprint density at radius 2 is 2.17 bits per heavy atom. The topological polar surface area (TPSA) is 60.8 Å². The van der Waals surface area contributed by atoms with Gasteiger partial charge in [-0.25, -0.2) is 4.39 Å². The van der Waals surface area contributed by atoms with E-state index in [9.17, 15) is 9.41 Å². The molecule has 1 fully saturated rings. The fourth-order valence-electron chi connectivity index (χ4n) is 2.85. The Morgan fingerprint density at radius 1 is 1.33 bits per heavy atom. The van der Waals surface area contributed by atoms with Gasteiger partial charge < -0.3 is 19.2 Å². The van der Waals surface area contributed by atoms with E-state index in [0.29, 0.717) is 42.2 Å². The number of ether oxygens (including phenoxy) is 2. The first-order valence-electron chi connectivity index (χ1n) is 7.87. The molecule has 0 saturated carbocycles. The molecular weight excluding hydrogens is 312 g/mol. The molecule has 1 aliphatic rings. The van der Waals surface area contributed by atoms with E-state index in [0.717, 1.165) is 5.56 Å². The van der Waals surface area contributed by atoms with Crippen molar-refractivity contribution in [2.24, 2.45) is 0 Å². The van der Waals surface area contributed by atoms with Gasteiger partial charge in [-0.3, -0.25) is 4.98 Å². The van der Waals surface area contributed by atoms with Gasteiger partial charge in [-0.05, 0) is 30.9 Å². The number of pyridine rings is 1. The summed E-state index contributed by atoms with van der Waals surface area (Å²) in [5, 5.41) is 9.51. The van der Waals surface area contributed by atoms with Crippen molar-refractivity contribution in [2.45, 2.75) is 19.2 Å². The molecule has 0 radical (unpaired) electrons. The van der Waals surface area contributed by atoms with Crippen LogP contribution in [-0.4, -0.2) is 37.4 Å². The summed E-state index contributed by atoms with van der Waals surface area (Å²) in [7, 11) is 0.728. The van der Waals surface area contributed by atoms with Gasteiger partial charge in [0.05, 0.1) is 13.7 Å². The van der Waals surface area contributed by atoms with Gasteiger partial charge in [0.1, 0.15) is 5.82 Å². The molecule has 1 aromatic carbocycles. The number of aromatic nitrogens is 1. The second-order valence-electron chi connectivity index (χ2n) is 5.64. The highest BCUT2D eigenvalue weighted by molar-refractivity contribution is 6.43. The molecule has 2 heterocycles. The Hall–Kier alpha value is -2.12. The minimum atomic E-state index is -0.749. The number of halogens is 1. The highest BCUT2D eigenvalue weighted by Crippen LogP contribution is 2.36. The van der Waals surface area contributed by atoms with Crippen LogP contribution in [0.5, 0.6) is 11.5 Å². The Labute approximate surface area is 140 Å². The monoisotopic (exact) mass is 331 g/mol. The maximum atomic E-state index is 14.5. The van der Waals surface area contributed by atoms with Crippen LogP contribution in [0, 0.1) is 5.82 Å². The van der Waals surface area contributed by atoms with E-state index in [-0.39, 0.29) is 5.92 Å². The van der Waals surface area contributed by atoms with Crippen LogP contribution in [0.2, 0.25) is 6.32 Å². The summed E-state index contributed by atoms with van der Waals surface area (Å²) in [5.41, 5.74) is 1.96. The molecule has 1 atom stereocenters. The normalized spacial score (nSPS) is 17.2. The van der Waals surface area contributed by atoms with Crippen LogP contribution < -0.4 is 9.47 Å². The van der Waals surface area contributed by atoms with Gasteiger partial charge in [-0.15, -0.1) is 0 Å². The Morgan fingerprint density at radius 3 is 2.83 bits per heavy atom. The predicted octanol–water partition coefficient (Wildman–Crippen LogP) is 2.89. The number of hydrogen-bond acceptors (Lipinski definition) is 5. The zero-order valence-electron chi connectivity index (χ0n) is 13.7. The number of nitrogens with zero attached hydrogens (tertiary/aromatic N) is 1. The number of benzene rings is 1. The second kappa shape index (κ2) is 7.19. The Balaban J connectivity index is 1.98. The van der Waals surface area contributed by atoms with Gasteiger partial charge in [0, 0.05) is 42.1 Å². The number of methoxy groups -OCH3 is 1. The largest absolute Gasteiger partial charge is 0.493 e. The molecule has 5 nitrogen and oxygen atoms in total. The van der Waals surface area contributed by atoms with E-state index in [4.69, 9.17) is 14.1 Å². The molecule has 7 heteroatoms. The lowest BCUT2D eigenvalue weighted by molar-refractivity contribution is 0.292. The molecule has 0 spiro atoms. The van der Waals surface area contributed by atoms with Crippen molar-refractivity contribution in [3.8, 4) is 22.6 Å². The third-order valence-electron chi connectivity index (χ3n) is 4.07. The Kier molecular flexibility index (Phi) is 5.01. The van der Waals surface area contributed by atoms with Crippen molar-refractivity contribution in [3.05, 3.63) is 42.0 Å². The van der Waals surface area contributed by atoms with E-state index in [2.05, 4.69) is 4.98 Å². The van der Waals surface area contributed by atoms with Gasteiger partial charge in [-0.1, -0.05) is 0 Å². The molecule has 1 N–H and O–H groups in total. The smallest absolute Gasteiger partial charge is 0.454 e. The highest BCUT2D eigenvalue weighted by atomic mass is 19.1. The van der Waals surface area contributed by atoms with E-state index in [1.54, 1.807) is 18.5 Å². The van der Waals surface area contributed by atoms with Crippen LogP contribution in [0.3, 0.4) is 0 Å². The van der Waals surface area contributed by atoms with Crippen LogP contribution in [0.4, 0.5) is 4.39 Å². The molecule has 1 saturated heterocycles. The average molecular weight is 331 g/mol. The molecule has 126 valence electrons. The fourth-order valence-corrected chi connectivity index (χ4v) is 2.85. The summed E-state index contributed by atoms with van der Waals surface area (Å²) in [6.45, 7) is 2.74. The van der Waals surface area contributed by atoms with Crippen LogP contribution >= 0.6 is 0 Å². The minimum Gasteiger partial charge on any atom is -0.493 e. The highest BCUT2D eigenvalue weighted by Gasteiger charge is 2.30. The van der Waals surface area contributed by atoms with Crippen LogP contribution in [0.25, 0.3) is 11.1 Å². The molecule has 1 aromatic heterocycles. The van der Waals surface area contributed by atoms with Crippen molar-refractivity contribution in [3.63, 3.8) is 0 Å². The quantitative estimate of drug-likeness (QED) is 0.854. The second-order valence-corrected chi connectivity index (χ2v) is 5.64. The van der Waals surface area contributed by atoms with Gasteiger partial charge >= 0.3 is 7.12 Å². The molecule has 0 amide bonds. The molecule has 1 aliphatic heterocycles. The summed E-state index contributed by atoms with van der Waals surface area (Å²) in [5.74, 6) is 0.494. The molecule has 0 aliphatic carbocycles. The lowest BCUT2D eigenvalue weighted by Crippen LogP contribution is -2.07. The molecule has 3 rings (SSSR count). The SMILES string of the molecule is CCOc1cc(-c2cncc([C@@H]3COB(O)C3)c2)c(F)cc1OC. The summed E-state index contributed by atoms with van der Waals surface area (Å²) in [6.07, 6.45) is 3.84. The van der Waals surface area contributed by atoms with Crippen LogP contribution in [-0.2, 0) is 4.65 Å². The maximum absolute atomic E-state index is 14.5. The van der Waals surface area contributed by atoms with Crippen molar-refractivity contribution in [1.29, 1.82) is 0 Å². The van der Waals surface area contributed by atoms with Crippen molar-refractivity contribution >= 4 is 7.12 Å². The third kappa shape index (κ3) is 3.37. The molecule has 0 bridgehead atoms. The summed E-state index contributed by atoms with van der Waals surface area (Å²) in [6, 6.07) is 4.81. The van der Waals surface area contributed by atoms with Crippen LogP contribution in [0.15, 0.2) is 30.6 Å². The average Bonchev–Trinajstić information content (AvgIpc) is 3.03. The van der Waals surface area contributed by atoms with Crippen LogP contribution in [0.1, 0.15) is 18.4 Å². The van der Waals surface area contributed by atoms with E-state index in [1.807, 2.05) is 13.0 Å². The number of rotatable bonds is 5. The fraction of sp³-hybridized carbons (Fsp3) is 0.353. The Bertz CT molecular complexity index is 728. The van der Waals surface area contributed by atoms with Crippen molar-refractivity contribution in [2.75, 3.05) is 20.3 Å². The van der Waals surface area contributed by atoms with Gasteiger partial charge in [-0.2, -0.15) is 0 Å². The first-order valence-corrected chi connectivity index (χ1v) is 7.87. The zero-order valence-corrected chi connectivity index (χ0v) is 13.7. The predicted molar refractivity (Wildman–Crippen MR) is 88.8 cm³/mol. The minimum absolute atomic E-state index is 0.0557. The lowest BCUT2D eigenvalue weighted by atomic mass is 9.80. The van der Waals surface area contributed by atoms with Gasteiger partial charge in [0.15, 0.2) is 11.5 Å². The molecule has 0 unspecified atom stereocenters. The van der Waals surface area contributed by atoms with Gasteiger partial charge in [0.2, 0.25) is 0 Å². The zero-order chi connectivity index (χ0) is 17.1. The lowest BCUT2D eigenvalue weighted by Gasteiger charge is -2.14. The molecule has 24 heavy (non-hydrogen) atoms. The summed E-state index contributed by atoms with van der Waals surface area (Å²) in [4.78, 5) is 4.21. The van der Waals surface area contributed by atoms with E-state index < -0.39 is 12.9 Å². The number of hydrogen-bond donors (Lipinski definition) is 1. The maximum Gasteiger partial charge on any atom is 0.454 e. The standard InChI is InChI=1S/C17H19BFNO4/c1-3-23-17-5-14(15(19)6-16(17)22-2)12-4-11(8-20-9-12)13-7-18(21)24-10-13/h4-6,8-9,13,21H,3,7,10H2,1-2H3/t13-/m0/s1. The summed E-state index contributed by atoms with van der Waals surface area (Å²) < 4.78 is 30.4. The van der Waals surface area contributed by atoms with Crippen molar-refractivity contribution < 1.29 is 23.5 Å². The van der Waals surface area contributed by atoms with E-state index in [1.165, 1.54) is 13.2 Å². The van der Waals surface area contributed by atoms with Crippen molar-refractivity contribution in [1.82, 2.24) is 4.98 Å². The summed E-state index contributed by atoms with van der Waals surface area (Å²) >= 11 is 0.